The molecule has 0 spiro atoms. The fraction of sp³-hybridized carbons (Fsp3) is 0. The molecule has 0 fully saturated rings. The number of fused-ring (bicyclic) bond motifs is 7. The highest BCUT2D eigenvalue weighted by molar-refractivity contribution is 7.25. The summed E-state index contributed by atoms with van der Waals surface area (Å²) in [6.45, 7) is 0. The zero-order chi connectivity index (χ0) is 38.9. The van der Waals surface area contributed by atoms with Gasteiger partial charge in [0.25, 0.3) is 0 Å². The van der Waals surface area contributed by atoms with Crippen LogP contribution in [0.5, 0.6) is 0 Å². The smallest absolute Gasteiger partial charge is 0.164 e. The van der Waals surface area contributed by atoms with Crippen LogP contribution in [0.25, 0.3) is 110 Å². The van der Waals surface area contributed by atoms with Crippen molar-refractivity contribution in [2.45, 2.75) is 0 Å². The summed E-state index contributed by atoms with van der Waals surface area (Å²) in [4.78, 5) is 15.4. The van der Waals surface area contributed by atoms with E-state index in [0.717, 1.165) is 55.7 Å². The van der Waals surface area contributed by atoms with Gasteiger partial charge in [0.05, 0.1) is 16.6 Å². The highest BCUT2D eigenvalue weighted by Gasteiger charge is 2.20. The quantitative estimate of drug-likeness (QED) is 0.169. The fourth-order valence-corrected chi connectivity index (χ4v) is 9.68. The van der Waals surface area contributed by atoms with Crippen LogP contribution < -0.4 is 0 Å². The maximum atomic E-state index is 5.19. The number of benzene rings is 8. The zero-order valence-corrected chi connectivity index (χ0v) is 32.5. The lowest BCUT2D eigenvalue weighted by molar-refractivity contribution is 1.07. The molecule has 4 heterocycles. The Morgan fingerprint density at radius 1 is 0.339 bits per heavy atom. The molecule has 0 aliphatic heterocycles. The largest absolute Gasteiger partial charge is 0.316 e. The summed E-state index contributed by atoms with van der Waals surface area (Å²) in [6, 6.07) is 68.8. The molecule has 59 heavy (non-hydrogen) atoms. The Kier molecular flexibility index (Phi) is 7.64. The summed E-state index contributed by atoms with van der Waals surface area (Å²) in [5, 5.41) is 6.19. The van der Waals surface area contributed by atoms with Crippen molar-refractivity contribution >= 4 is 64.2 Å². The number of hydrogen-bond acceptors (Lipinski definition) is 4. The van der Waals surface area contributed by atoms with E-state index in [4.69, 9.17) is 15.0 Å². The average molecular weight is 772 g/mol. The van der Waals surface area contributed by atoms with Crippen LogP contribution in [0, 0.1) is 0 Å². The molecule has 0 unspecified atom stereocenters. The highest BCUT2D eigenvalue weighted by Crippen LogP contribution is 2.43. The lowest BCUT2D eigenvalue weighted by Crippen LogP contribution is -2.02. The third-order valence-corrected chi connectivity index (χ3v) is 12.5. The van der Waals surface area contributed by atoms with Crippen molar-refractivity contribution in [3.63, 3.8) is 0 Å². The van der Waals surface area contributed by atoms with Gasteiger partial charge in [0.15, 0.2) is 17.5 Å². The summed E-state index contributed by atoms with van der Waals surface area (Å²) in [5.74, 6) is 1.88. The first-order valence-corrected chi connectivity index (χ1v) is 20.6. The monoisotopic (exact) mass is 771 g/mol. The molecule has 12 rings (SSSR count). The van der Waals surface area contributed by atoms with Gasteiger partial charge >= 0.3 is 0 Å². The molecule has 0 saturated carbocycles. The van der Waals surface area contributed by atoms with Gasteiger partial charge < -0.3 is 9.13 Å². The molecule has 8 aromatic carbocycles. The Morgan fingerprint density at radius 3 is 1.59 bits per heavy atom. The van der Waals surface area contributed by atoms with E-state index >= 15 is 0 Å². The van der Waals surface area contributed by atoms with Crippen molar-refractivity contribution < 1.29 is 0 Å². The van der Waals surface area contributed by atoms with E-state index in [0.29, 0.717) is 17.5 Å². The van der Waals surface area contributed by atoms with Crippen molar-refractivity contribution in [2.75, 3.05) is 0 Å². The lowest BCUT2D eigenvalue weighted by Gasteiger charge is -2.15. The molecule has 276 valence electrons. The molecular weight excluding hydrogens is 739 g/mol. The number of rotatable bonds is 6. The second-order valence-electron chi connectivity index (χ2n) is 14.9. The van der Waals surface area contributed by atoms with Crippen LogP contribution in [-0.2, 0) is 0 Å². The molecular formula is C53H33N5S. The van der Waals surface area contributed by atoms with Crippen LogP contribution in [0.3, 0.4) is 0 Å². The van der Waals surface area contributed by atoms with Crippen molar-refractivity contribution in [1.82, 2.24) is 24.1 Å². The van der Waals surface area contributed by atoms with Gasteiger partial charge in [-0.1, -0.05) is 127 Å². The third-order valence-electron chi connectivity index (χ3n) is 11.3. The van der Waals surface area contributed by atoms with E-state index in [9.17, 15) is 0 Å². The second kappa shape index (κ2) is 13.5. The van der Waals surface area contributed by atoms with Crippen molar-refractivity contribution in [2.24, 2.45) is 0 Å². The highest BCUT2D eigenvalue weighted by atomic mass is 32.1. The molecule has 4 aromatic heterocycles. The van der Waals surface area contributed by atoms with E-state index in [-0.39, 0.29) is 0 Å². The third kappa shape index (κ3) is 5.64. The minimum atomic E-state index is 0.616. The van der Waals surface area contributed by atoms with Crippen LogP contribution in [0.4, 0.5) is 0 Å². The van der Waals surface area contributed by atoms with E-state index in [2.05, 4.69) is 173 Å². The Hall–Kier alpha value is -7.67. The van der Waals surface area contributed by atoms with Crippen LogP contribution >= 0.6 is 11.3 Å². The first-order chi connectivity index (χ1) is 29.2. The van der Waals surface area contributed by atoms with Gasteiger partial charge in [0, 0.05) is 70.6 Å². The van der Waals surface area contributed by atoms with E-state index in [1.54, 1.807) is 0 Å². The van der Waals surface area contributed by atoms with Crippen LogP contribution in [0.1, 0.15) is 0 Å². The predicted octanol–water partition coefficient (Wildman–Crippen LogP) is 13.9. The number of thiophene rings is 1. The minimum Gasteiger partial charge on any atom is -0.316 e. The Labute approximate surface area is 343 Å². The van der Waals surface area contributed by atoms with Crippen molar-refractivity contribution in [3.05, 3.63) is 200 Å². The SMILES string of the molecule is c1ccc(-c2cc(-c3nc(-c4ccccc4)nc(-c4ccccc4)n3)cc(-n3c4cc5sc6ccccc6c5cc4c4cc5ccn(-c6ccccc6)c5cc43)c2)cc1. The standard InChI is InChI=1S/C53H33N5S/c1-5-15-34(16-6-1)38-27-39(53-55-51(35-17-7-2-8-18-35)54-52(56-53)36-19-9-3-10-20-36)29-41(28-38)58-47-32-46-37(25-26-57(46)40-21-11-4-12-22-40)30-43(47)44-31-45-42-23-13-14-24-49(42)59-50(45)33-48(44)58/h1-33H. The molecule has 0 N–H and O–H groups in total. The topological polar surface area (TPSA) is 48.5 Å². The number of para-hydroxylation sites is 1. The van der Waals surface area contributed by atoms with E-state index in [1.807, 2.05) is 47.7 Å². The molecule has 0 amide bonds. The van der Waals surface area contributed by atoms with Crippen molar-refractivity contribution in [1.29, 1.82) is 0 Å². The fourth-order valence-electron chi connectivity index (χ4n) is 8.56. The van der Waals surface area contributed by atoms with Crippen molar-refractivity contribution in [3.8, 4) is 56.7 Å². The first-order valence-electron chi connectivity index (χ1n) is 19.8. The van der Waals surface area contributed by atoms with Gasteiger partial charge in [-0.2, -0.15) is 0 Å². The predicted molar refractivity (Wildman–Crippen MR) is 246 cm³/mol. The molecule has 0 saturated heterocycles. The molecule has 0 radical (unpaired) electrons. The Morgan fingerprint density at radius 2 is 0.898 bits per heavy atom. The summed E-state index contributed by atoms with van der Waals surface area (Å²) in [7, 11) is 0. The van der Waals surface area contributed by atoms with Gasteiger partial charge in [0.2, 0.25) is 0 Å². The summed E-state index contributed by atoms with van der Waals surface area (Å²) >= 11 is 1.85. The van der Waals surface area contributed by atoms with Gasteiger partial charge in [-0.05, 0) is 77.9 Å². The summed E-state index contributed by atoms with van der Waals surface area (Å²) < 4.78 is 7.29. The molecule has 12 aromatic rings. The molecule has 0 bridgehead atoms. The van der Waals surface area contributed by atoms with Gasteiger partial charge in [-0.15, -0.1) is 11.3 Å². The average Bonchev–Trinajstić information content (AvgIpc) is 3.99. The molecule has 0 aliphatic carbocycles. The van der Waals surface area contributed by atoms with E-state index < -0.39 is 0 Å². The van der Waals surface area contributed by atoms with Crippen LogP contribution in [0.2, 0.25) is 0 Å². The van der Waals surface area contributed by atoms with Gasteiger partial charge in [-0.25, -0.2) is 15.0 Å². The minimum absolute atomic E-state index is 0.616. The maximum Gasteiger partial charge on any atom is 0.164 e. The second-order valence-corrected chi connectivity index (χ2v) is 16.0. The van der Waals surface area contributed by atoms with E-state index in [1.165, 1.54) is 36.3 Å². The van der Waals surface area contributed by atoms with Crippen LogP contribution in [0.15, 0.2) is 200 Å². The summed E-state index contributed by atoms with van der Waals surface area (Å²) in [6.07, 6.45) is 2.18. The maximum absolute atomic E-state index is 5.19. The summed E-state index contributed by atoms with van der Waals surface area (Å²) in [5.41, 5.74) is 10.6. The number of nitrogens with zero attached hydrogens (tertiary/aromatic N) is 5. The number of hydrogen-bond donors (Lipinski definition) is 0. The molecule has 0 atom stereocenters. The molecule has 0 aliphatic rings. The lowest BCUT2D eigenvalue weighted by atomic mass is 10.0. The van der Waals surface area contributed by atoms with Gasteiger partial charge in [-0.3, -0.25) is 0 Å². The zero-order valence-electron chi connectivity index (χ0n) is 31.7. The Balaban J connectivity index is 1.18. The molecule has 6 heteroatoms. The molecule has 5 nitrogen and oxygen atoms in total. The van der Waals surface area contributed by atoms with Crippen LogP contribution in [-0.4, -0.2) is 24.1 Å². The van der Waals surface area contributed by atoms with Gasteiger partial charge in [0.1, 0.15) is 0 Å². The Bertz CT molecular complexity index is 3480. The number of aromatic nitrogens is 5. The first kappa shape index (κ1) is 33.5. The normalized spacial score (nSPS) is 11.7.